The molecule has 6 heteroatoms. The molecule has 1 saturated heterocycles. The molecule has 2 aromatic carbocycles. The maximum absolute atomic E-state index is 12.3. The van der Waals surface area contributed by atoms with Crippen LogP contribution in [-0.2, 0) is 16.0 Å². The first-order chi connectivity index (χ1) is 13.7. The van der Waals surface area contributed by atoms with E-state index in [9.17, 15) is 4.79 Å². The molecule has 2 unspecified atom stereocenters. The fourth-order valence-electron chi connectivity index (χ4n) is 3.77. The summed E-state index contributed by atoms with van der Waals surface area (Å²) in [6.07, 6.45) is 1.57. The van der Waals surface area contributed by atoms with Crippen molar-refractivity contribution in [2.24, 2.45) is 5.92 Å². The second-order valence-electron chi connectivity index (χ2n) is 7.11. The Balaban J connectivity index is 1.54. The van der Waals surface area contributed by atoms with Crippen LogP contribution < -0.4 is 4.90 Å². The summed E-state index contributed by atoms with van der Waals surface area (Å²) >= 11 is 1.60. The van der Waals surface area contributed by atoms with Crippen molar-refractivity contribution < 1.29 is 9.53 Å². The van der Waals surface area contributed by atoms with E-state index in [1.54, 1.807) is 11.3 Å². The Bertz CT molecular complexity index is 914. The SMILES string of the molecule is COC(=O)C1CC(c2ccccc2)CN(c2nnc(Cc3ccccc3)s2)C1. The molecule has 0 spiro atoms. The van der Waals surface area contributed by atoms with Gasteiger partial charge in [-0.25, -0.2) is 0 Å². The van der Waals surface area contributed by atoms with E-state index in [0.29, 0.717) is 6.54 Å². The van der Waals surface area contributed by atoms with Gasteiger partial charge in [0.25, 0.3) is 0 Å². The summed E-state index contributed by atoms with van der Waals surface area (Å²) in [5.41, 5.74) is 2.47. The van der Waals surface area contributed by atoms with E-state index < -0.39 is 0 Å². The number of rotatable bonds is 5. The molecular formula is C22H23N3O2S. The van der Waals surface area contributed by atoms with Gasteiger partial charge in [-0.1, -0.05) is 72.0 Å². The Kier molecular flexibility index (Phi) is 5.67. The van der Waals surface area contributed by atoms with Crippen LogP contribution in [0.4, 0.5) is 5.13 Å². The van der Waals surface area contributed by atoms with Gasteiger partial charge in [-0.05, 0) is 17.5 Å². The van der Waals surface area contributed by atoms with Gasteiger partial charge in [0.05, 0.1) is 13.0 Å². The summed E-state index contributed by atoms with van der Waals surface area (Å²) in [4.78, 5) is 14.5. The van der Waals surface area contributed by atoms with E-state index in [4.69, 9.17) is 4.74 Å². The molecule has 1 aliphatic rings. The lowest BCUT2D eigenvalue weighted by Gasteiger charge is -2.36. The van der Waals surface area contributed by atoms with Crippen molar-refractivity contribution in [2.45, 2.75) is 18.8 Å². The number of esters is 1. The molecule has 0 bridgehead atoms. The highest BCUT2D eigenvalue weighted by Gasteiger charge is 2.34. The zero-order valence-corrected chi connectivity index (χ0v) is 16.6. The summed E-state index contributed by atoms with van der Waals surface area (Å²) in [5.74, 6) is -0.0504. The smallest absolute Gasteiger partial charge is 0.310 e. The first-order valence-corrected chi connectivity index (χ1v) is 10.3. The summed E-state index contributed by atoms with van der Waals surface area (Å²) in [6, 6.07) is 20.6. The molecule has 2 heterocycles. The van der Waals surface area contributed by atoms with Gasteiger partial charge in [0.15, 0.2) is 0 Å². The predicted molar refractivity (Wildman–Crippen MR) is 111 cm³/mol. The van der Waals surface area contributed by atoms with E-state index in [0.717, 1.165) is 29.5 Å². The number of hydrogen-bond acceptors (Lipinski definition) is 6. The van der Waals surface area contributed by atoms with Crippen molar-refractivity contribution >= 4 is 22.4 Å². The molecule has 1 fully saturated rings. The predicted octanol–water partition coefficient (Wildman–Crippen LogP) is 3.91. The number of ether oxygens (including phenoxy) is 1. The molecular weight excluding hydrogens is 370 g/mol. The number of carbonyl (C=O) groups excluding carboxylic acids is 1. The average Bonchev–Trinajstić information content (AvgIpc) is 3.22. The van der Waals surface area contributed by atoms with Gasteiger partial charge >= 0.3 is 5.97 Å². The average molecular weight is 394 g/mol. The lowest BCUT2D eigenvalue weighted by Crippen LogP contribution is -2.42. The maximum Gasteiger partial charge on any atom is 0.310 e. The number of methoxy groups -OCH3 is 1. The lowest BCUT2D eigenvalue weighted by molar-refractivity contribution is -0.145. The van der Waals surface area contributed by atoms with Crippen LogP contribution in [-0.4, -0.2) is 36.4 Å². The van der Waals surface area contributed by atoms with Gasteiger partial charge in [-0.2, -0.15) is 0 Å². The molecule has 0 amide bonds. The van der Waals surface area contributed by atoms with Gasteiger partial charge in [0.2, 0.25) is 5.13 Å². The number of carbonyl (C=O) groups is 1. The Morgan fingerprint density at radius 3 is 2.50 bits per heavy atom. The number of hydrogen-bond donors (Lipinski definition) is 0. The minimum atomic E-state index is -0.162. The molecule has 144 valence electrons. The van der Waals surface area contributed by atoms with E-state index in [1.807, 2.05) is 36.4 Å². The summed E-state index contributed by atoms with van der Waals surface area (Å²) in [5, 5.41) is 10.7. The van der Waals surface area contributed by atoms with Crippen molar-refractivity contribution in [3.63, 3.8) is 0 Å². The third-order valence-electron chi connectivity index (χ3n) is 5.18. The second-order valence-corrected chi connectivity index (χ2v) is 8.15. The molecule has 1 aromatic heterocycles. The number of nitrogens with zero attached hydrogens (tertiary/aromatic N) is 3. The van der Waals surface area contributed by atoms with E-state index in [-0.39, 0.29) is 17.8 Å². The summed E-state index contributed by atoms with van der Waals surface area (Å²) in [6.45, 7) is 1.45. The third-order valence-corrected chi connectivity index (χ3v) is 6.16. The Labute approximate surface area is 169 Å². The van der Waals surface area contributed by atoms with E-state index in [1.165, 1.54) is 18.2 Å². The van der Waals surface area contributed by atoms with E-state index in [2.05, 4.69) is 39.4 Å². The fraction of sp³-hybridized carbons (Fsp3) is 0.318. The van der Waals surface area contributed by atoms with Gasteiger partial charge in [-0.3, -0.25) is 4.79 Å². The minimum absolute atomic E-state index is 0.153. The highest BCUT2D eigenvalue weighted by molar-refractivity contribution is 7.15. The van der Waals surface area contributed by atoms with Crippen LogP contribution in [0.15, 0.2) is 60.7 Å². The number of benzene rings is 2. The second kappa shape index (κ2) is 8.52. The Morgan fingerprint density at radius 2 is 1.79 bits per heavy atom. The normalized spacial score (nSPS) is 19.4. The maximum atomic E-state index is 12.3. The standard InChI is InChI=1S/C22H23N3O2S/c1-27-21(26)19-13-18(17-10-6-3-7-11-17)14-25(15-19)22-24-23-20(28-22)12-16-8-4-2-5-9-16/h2-11,18-19H,12-15H2,1H3. The van der Waals surface area contributed by atoms with Gasteiger partial charge in [0.1, 0.15) is 5.01 Å². The van der Waals surface area contributed by atoms with Gasteiger partial charge in [0, 0.05) is 25.4 Å². The highest BCUT2D eigenvalue weighted by atomic mass is 32.1. The molecule has 5 nitrogen and oxygen atoms in total. The Morgan fingerprint density at radius 1 is 1.07 bits per heavy atom. The molecule has 4 rings (SSSR count). The zero-order valence-electron chi connectivity index (χ0n) is 15.8. The fourth-order valence-corrected chi connectivity index (χ4v) is 4.66. The highest BCUT2D eigenvalue weighted by Crippen LogP contribution is 2.34. The van der Waals surface area contributed by atoms with Crippen LogP contribution in [0.2, 0.25) is 0 Å². The van der Waals surface area contributed by atoms with Crippen molar-refractivity contribution in [3.05, 3.63) is 76.8 Å². The topological polar surface area (TPSA) is 55.3 Å². The van der Waals surface area contributed by atoms with Crippen LogP contribution in [0.5, 0.6) is 0 Å². The molecule has 1 aliphatic heterocycles. The van der Waals surface area contributed by atoms with Crippen LogP contribution in [0.3, 0.4) is 0 Å². The number of piperidine rings is 1. The minimum Gasteiger partial charge on any atom is -0.469 e. The molecule has 0 radical (unpaired) electrons. The molecule has 28 heavy (non-hydrogen) atoms. The van der Waals surface area contributed by atoms with Crippen LogP contribution in [0.25, 0.3) is 0 Å². The summed E-state index contributed by atoms with van der Waals surface area (Å²) in [7, 11) is 1.46. The number of aromatic nitrogens is 2. The summed E-state index contributed by atoms with van der Waals surface area (Å²) < 4.78 is 5.04. The third kappa shape index (κ3) is 4.22. The van der Waals surface area contributed by atoms with Crippen molar-refractivity contribution in [1.29, 1.82) is 0 Å². The zero-order chi connectivity index (χ0) is 19.3. The first kappa shape index (κ1) is 18.6. The first-order valence-electron chi connectivity index (χ1n) is 9.47. The number of anilines is 1. The van der Waals surface area contributed by atoms with Crippen LogP contribution in [0.1, 0.15) is 28.5 Å². The molecule has 3 aromatic rings. The van der Waals surface area contributed by atoms with Crippen molar-refractivity contribution in [2.75, 3.05) is 25.1 Å². The molecule has 0 N–H and O–H groups in total. The molecule has 0 aliphatic carbocycles. The van der Waals surface area contributed by atoms with Crippen LogP contribution >= 0.6 is 11.3 Å². The van der Waals surface area contributed by atoms with Gasteiger partial charge in [-0.15, -0.1) is 10.2 Å². The lowest BCUT2D eigenvalue weighted by atomic mass is 9.85. The quantitative estimate of drug-likeness (QED) is 0.615. The largest absolute Gasteiger partial charge is 0.469 e. The van der Waals surface area contributed by atoms with Crippen LogP contribution in [0, 0.1) is 5.92 Å². The van der Waals surface area contributed by atoms with Crippen molar-refractivity contribution in [3.8, 4) is 0 Å². The van der Waals surface area contributed by atoms with Crippen molar-refractivity contribution in [1.82, 2.24) is 10.2 Å². The monoisotopic (exact) mass is 393 g/mol. The molecule has 2 atom stereocenters. The van der Waals surface area contributed by atoms with E-state index >= 15 is 0 Å². The Hall–Kier alpha value is -2.73. The molecule has 0 saturated carbocycles. The van der Waals surface area contributed by atoms with Gasteiger partial charge < -0.3 is 9.64 Å².